The Morgan fingerprint density at radius 3 is 1.95 bits per heavy atom. The van der Waals surface area contributed by atoms with Crippen LogP contribution in [0.5, 0.6) is 0 Å². The molecule has 1 aliphatic rings. The summed E-state index contributed by atoms with van der Waals surface area (Å²) in [6.45, 7) is 7.95. The van der Waals surface area contributed by atoms with Crippen molar-refractivity contribution in [3.8, 4) is 5.69 Å². The van der Waals surface area contributed by atoms with Gasteiger partial charge in [-0.25, -0.2) is 0 Å². The van der Waals surface area contributed by atoms with E-state index in [1.54, 1.807) is 6.08 Å². The number of hydrogen-bond donors (Lipinski definition) is 0. The van der Waals surface area contributed by atoms with E-state index in [2.05, 4.69) is 4.57 Å². The van der Waals surface area contributed by atoms with Crippen molar-refractivity contribution < 1.29 is 9.59 Å². The molecule has 38 heavy (non-hydrogen) atoms. The van der Waals surface area contributed by atoms with Crippen molar-refractivity contribution in [1.29, 1.82) is 0 Å². The first kappa shape index (κ1) is 25.6. The van der Waals surface area contributed by atoms with Crippen LogP contribution in [0.3, 0.4) is 0 Å². The number of nitrogens with zero attached hydrogens (tertiary/aromatic N) is 3. The minimum Gasteiger partial charge on any atom is -0.318 e. The first-order valence-electron chi connectivity index (χ1n) is 12.2. The van der Waals surface area contributed by atoms with Crippen molar-refractivity contribution in [3.05, 3.63) is 118 Å². The molecule has 1 saturated heterocycles. The van der Waals surface area contributed by atoms with E-state index in [4.69, 9.17) is 23.8 Å². The van der Waals surface area contributed by atoms with Crippen molar-refractivity contribution in [2.45, 2.75) is 27.7 Å². The van der Waals surface area contributed by atoms with E-state index in [0.717, 1.165) is 33.8 Å². The predicted molar refractivity (Wildman–Crippen MR) is 158 cm³/mol. The Kier molecular flexibility index (Phi) is 6.78. The van der Waals surface area contributed by atoms with Gasteiger partial charge in [-0.05, 0) is 117 Å². The van der Waals surface area contributed by atoms with Crippen LogP contribution in [0.1, 0.15) is 28.1 Å². The van der Waals surface area contributed by atoms with Crippen LogP contribution in [0.2, 0.25) is 5.02 Å². The molecule has 190 valence electrons. The summed E-state index contributed by atoms with van der Waals surface area (Å²) >= 11 is 11.8. The average molecular weight is 540 g/mol. The maximum atomic E-state index is 13.9. The molecule has 0 radical (unpaired) electrons. The van der Waals surface area contributed by atoms with Crippen LogP contribution in [-0.4, -0.2) is 21.5 Å². The zero-order valence-corrected chi connectivity index (χ0v) is 23.1. The van der Waals surface area contributed by atoms with E-state index in [0.29, 0.717) is 16.4 Å². The molecule has 7 heteroatoms. The molecule has 2 amide bonds. The lowest BCUT2D eigenvalue weighted by molar-refractivity contribution is -0.120. The maximum absolute atomic E-state index is 13.9. The highest BCUT2D eigenvalue weighted by molar-refractivity contribution is 7.81. The third-order valence-corrected chi connectivity index (χ3v) is 7.48. The van der Waals surface area contributed by atoms with Gasteiger partial charge in [0.15, 0.2) is 5.11 Å². The predicted octanol–water partition coefficient (Wildman–Crippen LogP) is 7.11. The minimum atomic E-state index is -0.456. The summed E-state index contributed by atoms with van der Waals surface area (Å²) in [5, 5.41) is 0.776. The SMILES string of the molecule is Cc1ccc(N2C(=O)/C(=C/c3cc(C)n(-c4ccc(Cl)cc4)c3C)C(=O)N(c3ccccc3)C2=S)cc1C. The van der Waals surface area contributed by atoms with E-state index in [9.17, 15) is 9.59 Å². The van der Waals surface area contributed by atoms with Crippen LogP contribution < -0.4 is 9.80 Å². The van der Waals surface area contributed by atoms with E-state index in [1.165, 1.54) is 9.80 Å². The molecule has 3 aromatic carbocycles. The quantitative estimate of drug-likeness (QED) is 0.158. The minimum absolute atomic E-state index is 0.0389. The van der Waals surface area contributed by atoms with Crippen LogP contribution in [0.15, 0.2) is 84.4 Å². The molecule has 0 bridgehead atoms. The number of para-hydroxylation sites is 1. The molecule has 1 fully saturated rings. The van der Waals surface area contributed by atoms with Gasteiger partial charge in [0.2, 0.25) is 0 Å². The van der Waals surface area contributed by atoms with Crippen LogP contribution in [0, 0.1) is 27.7 Å². The molecule has 0 atom stereocenters. The van der Waals surface area contributed by atoms with Crippen LogP contribution in [0.4, 0.5) is 11.4 Å². The monoisotopic (exact) mass is 539 g/mol. The van der Waals surface area contributed by atoms with Crippen LogP contribution in [0.25, 0.3) is 11.8 Å². The number of carbonyl (C=O) groups is 2. The van der Waals surface area contributed by atoms with Gasteiger partial charge < -0.3 is 4.57 Å². The lowest BCUT2D eigenvalue weighted by Crippen LogP contribution is -2.57. The number of aromatic nitrogens is 1. The summed E-state index contributed by atoms with van der Waals surface area (Å²) in [7, 11) is 0. The van der Waals surface area contributed by atoms with E-state index in [1.807, 2.05) is 107 Å². The number of aryl methyl sites for hydroxylation is 3. The number of halogens is 1. The average Bonchev–Trinajstić information content (AvgIpc) is 3.17. The maximum Gasteiger partial charge on any atom is 0.270 e. The lowest BCUT2D eigenvalue weighted by atomic mass is 10.0. The van der Waals surface area contributed by atoms with E-state index >= 15 is 0 Å². The number of amides is 2. The normalized spacial score (nSPS) is 15.1. The Morgan fingerprint density at radius 1 is 0.711 bits per heavy atom. The van der Waals surface area contributed by atoms with E-state index < -0.39 is 11.8 Å². The Morgan fingerprint density at radius 2 is 1.32 bits per heavy atom. The molecule has 0 aliphatic carbocycles. The first-order valence-corrected chi connectivity index (χ1v) is 13.0. The second-order valence-corrected chi connectivity index (χ2v) is 10.2. The molecule has 1 aromatic heterocycles. The van der Waals surface area contributed by atoms with Crippen molar-refractivity contribution in [3.63, 3.8) is 0 Å². The number of carbonyl (C=O) groups excluding carboxylic acids is 2. The summed E-state index contributed by atoms with van der Waals surface area (Å²) in [6, 6.07) is 24.4. The molecule has 0 N–H and O–H groups in total. The Bertz CT molecular complexity index is 1620. The highest BCUT2D eigenvalue weighted by Crippen LogP contribution is 2.32. The van der Waals surface area contributed by atoms with Gasteiger partial charge in [-0.2, -0.15) is 0 Å². The molecule has 0 spiro atoms. The van der Waals surface area contributed by atoms with Gasteiger partial charge in [-0.15, -0.1) is 0 Å². The number of anilines is 2. The molecular formula is C31H26ClN3O2S. The zero-order chi connectivity index (χ0) is 27.1. The summed E-state index contributed by atoms with van der Waals surface area (Å²) in [5.74, 6) is -0.908. The highest BCUT2D eigenvalue weighted by Gasteiger charge is 2.41. The Balaban J connectivity index is 1.66. The summed E-state index contributed by atoms with van der Waals surface area (Å²) < 4.78 is 2.07. The fourth-order valence-corrected chi connectivity index (χ4v) is 5.21. The fourth-order valence-electron chi connectivity index (χ4n) is 4.70. The third-order valence-electron chi connectivity index (χ3n) is 6.87. The standard InChI is InChI=1S/C31H26ClN3O2S/c1-19-10-13-27(16-20(19)2)35-30(37)28(29(36)34(31(35)38)25-8-6-5-7-9-25)18-23-17-21(3)33(22(23)4)26-14-11-24(32)12-15-26/h5-18H,1-4H3/b28-18+. The first-order chi connectivity index (χ1) is 18.2. The van der Waals surface area contributed by atoms with Crippen molar-refractivity contribution in [1.82, 2.24) is 4.57 Å². The molecule has 0 saturated carbocycles. The number of hydrogen-bond acceptors (Lipinski definition) is 3. The van der Waals surface area contributed by atoms with Gasteiger partial charge in [0.05, 0.1) is 11.4 Å². The fraction of sp³-hybridized carbons (Fsp3) is 0.129. The topological polar surface area (TPSA) is 45.6 Å². The second kappa shape index (κ2) is 10.0. The van der Waals surface area contributed by atoms with E-state index in [-0.39, 0.29) is 10.7 Å². The van der Waals surface area contributed by atoms with Gasteiger partial charge in [0.1, 0.15) is 5.57 Å². The number of benzene rings is 3. The molecule has 4 aromatic rings. The molecule has 5 rings (SSSR count). The summed E-state index contributed by atoms with van der Waals surface area (Å²) in [5.41, 5.74) is 6.97. The van der Waals surface area contributed by atoms with Gasteiger partial charge in [-0.3, -0.25) is 19.4 Å². The highest BCUT2D eigenvalue weighted by atomic mass is 35.5. The molecular weight excluding hydrogens is 514 g/mol. The smallest absolute Gasteiger partial charge is 0.270 e. The third kappa shape index (κ3) is 4.46. The zero-order valence-electron chi connectivity index (χ0n) is 21.5. The second-order valence-electron chi connectivity index (χ2n) is 9.36. The largest absolute Gasteiger partial charge is 0.318 e. The number of rotatable bonds is 4. The van der Waals surface area contributed by atoms with Crippen molar-refractivity contribution in [2.75, 3.05) is 9.80 Å². The molecule has 2 heterocycles. The Labute approximate surface area is 232 Å². The van der Waals surface area contributed by atoms with Crippen LogP contribution in [-0.2, 0) is 9.59 Å². The Hall–Kier alpha value is -4.00. The molecule has 0 unspecified atom stereocenters. The summed E-state index contributed by atoms with van der Waals surface area (Å²) in [6.07, 6.45) is 1.67. The molecule has 1 aliphatic heterocycles. The molecule has 5 nitrogen and oxygen atoms in total. The van der Waals surface area contributed by atoms with Crippen LogP contribution >= 0.6 is 23.8 Å². The number of thiocarbonyl (C=S) groups is 1. The van der Waals surface area contributed by atoms with Gasteiger partial charge in [0, 0.05) is 22.1 Å². The van der Waals surface area contributed by atoms with Gasteiger partial charge in [-0.1, -0.05) is 35.9 Å². The van der Waals surface area contributed by atoms with Gasteiger partial charge in [0.25, 0.3) is 11.8 Å². The lowest BCUT2D eigenvalue weighted by Gasteiger charge is -2.36. The van der Waals surface area contributed by atoms with Crippen molar-refractivity contribution >= 4 is 58.2 Å². The van der Waals surface area contributed by atoms with Crippen molar-refractivity contribution in [2.24, 2.45) is 0 Å². The van der Waals surface area contributed by atoms with Gasteiger partial charge >= 0.3 is 0 Å². The summed E-state index contributed by atoms with van der Waals surface area (Å²) in [4.78, 5) is 30.7.